The Kier molecular flexibility index (Phi) is 4.68. The van der Waals surface area contributed by atoms with Crippen molar-refractivity contribution in [2.24, 2.45) is 11.1 Å². The molecule has 0 saturated heterocycles. The molecule has 0 aliphatic rings. The van der Waals surface area contributed by atoms with Gasteiger partial charge in [-0.15, -0.1) is 0 Å². The molecule has 0 amide bonds. The fourth-order valence-corrected chi connectivity index (χ4v) is 3.39. The lowest BCUT2D eigenvalue weighted by molar-refractivity contribution is 0.173. The zero-order chi connectivity index (χ0) is 16.2. The second-order valence-electron chi connectivity index (χ2n) is 6.15. The molecule has 0 aliphatic carbocycles. The number of hydrogen-bond acceptors (Lipinski definition) is 2. The minimum Gasteiger partial charge on any atom is -0.327 e. The van der Waals surface area contributed by atoms with Gasteiger partial charge in [-0.25, -0.2) is 0 Å². The van der Waals surface area contributed by atoms with Gasteiger partial charge in [0.25, 0.3) is 0 Å². The van der Waals surface area contributed by atoms with Crippen molar-refractivity contribution in [3.05, 3.63) is 71.8 Å². The monoisotopic (exact) mass is 292 g/mol. The van der Waals surface area contributed by atoms with Crippen LogP contribution in [0.4, 0.5) is 0 Å². The Morgan fingerprint density at radius 3 is 1.68 bits per heavy atom. The average molecular weight is 292 g/mol. The largest absolute Gasteiger partial charge is 0.327 e. The Morgan fingerprint density at radius 1 is 1.00 bits per heavy atom. The third-order valence-electron chi connectivity index (χ3n) is 5.18. The molecule has 0 aromatic heterocycles. The van der Waals surface area contributed by atoms with E-state index in [1.54, 1.807) is 0 Å². The standard InChI is InChI=1S/C20H24N2/c1-4-19(3,16(2)22)20(15-21,17-11-7-5-8-12-17)18-13-9-6-10-14-18/h5-14,16H,4,22H2,1-3H3. The van der Waals surface area contributed by atoms with Crippen LogP contribution in [0, 0.1) is 16.7 Å². The number of benzene rings is 2. The third kappa shape index (κ3) is 2.32. The number of nitrogens with zero attached hydrogens (tertiary/aromatic N) is 1. The maximum Gasteiger partial charge on any atom is 0.114 e. The smallest absolute Gasteiger partial charge is 0.114 e. The zero-order valence-electron chi connectivity index (χ0n) is 13.6. The Bertz CT molecular complexity index is 601. The predicted molar refractivity (Wildman–Crippen MR) is 91.3 cm³/mol. The summed E-state index contributed by atoms with van der Waals surface area (Å²) in [6.45, 7) is 6.24. The Hall–Kier alpha value is -2.11. The van der Waals surface area contributed by atoms with E-state index in [0.717, 1.165) is 17.5 Å². The normalized spacial score (nSPS) is 15.6. The molecule has 2 aromatic carbocycles. The zero-order valence-corrected chi connectivity index (χ0v) is 13.6. The van der Waals surface area contributed by atoms with E-state index in [9.17, 15) is 5.26 Å². The summed E-state index contributed by atoms with van der Waals surface area (Å²) in [5.74, 6) is 0. The molecule has 2 nitrogen and oxygen atoms in total. The molecule has 22 heavy (non-hydrogen) atoms. The molecular weight excluding hydrogens is 268 g/mol. The first-order chi connectivity index (χ1) is 10.5. The molecule has 0 fully saturated rings. The quantitative estimate of drug-likeness (QED) is 0.895. The van der Waals surface area contributed by atoms with Gasteiger partial charge in [-0.1, -0.05) is 74.5 Å². The van der Waals surface area contributed by atoms with Crippen LogP contribution in [0.15, 0.2) is 60.7 Å². The summed E-state index contributed by atoms with van der Waals surface area (Å²) in [6.07, 6.45) is 0.821. The van der Waals surface area contributed by atoms with Crippen LogP contribution in [-0.2, 0) is 5.41 Å². The lowest BCUT2D eigenvalue weighted by atomic mass is 9.54. The number of nitriles is 1. The highest BCUT2D eigenvalue weighted by Crippen LogP contribution is 2.50. The van der Waals surface area contributed by atoms with Crippen molar-refractivity contribution >= 4 is 0 Å². The Labute approximate surface area is 133 Å². The van der Waals surface area contributed by atoms with Crippen molar-refractivity contribution in [3.63, 3.8) is 0 Å². The maximum absolute atomic E-state index is 10.3. The van der Waals surface area contributed by atoms with Gasteiger partial charge in [-0.3, -0.25) is 0 Å². The van der Waals surface area contributed by atoms with Gasteiger partial charge < -0.3 is 5.73 Å². The number of rotatable bonds is 5. The van der Waals surface area contributed by atoms with Gasteiger partial charge in [-0.05, 0) is 24.5 Å². The van der Waals surface area contributed by atoms with Crippen molar-refractivity contribution in [2.45, 2.75) is 38.6 Å². The topological polar surface area (TPSA) is 49.8 Å². The number of nitrogens with two attached hydrogens (primary N) is 1. The van der Waals surface area contributed by atoms with E-state index in [1.807, 2.05) is 67.6 Å². The molecule has 0 saturated carbocycles. The summed E-state index contributed by atoms with van der Waals surface area (Å²) in [7, 11) is 0. The van der Waals surface area contributed by atoms with Gasteiger partial charge in [0.2, 0.25) is 0 Å². The van der Waals surface area contributed by atoms with Crippen LogP contribution in [-0.4, -0.2) is 6.04 Å². The highest BCUT2D eigenvalue weighted by molar-refractivity contribution is 5.49. The SMILES string of the molecule is CCC(C)(C(C)N)C(C#N)(c1ccccc1)c1ccccc1. The van der Waals surface area contributed by atoms with Gasteiger partial charge in [0.15, 0.2) is 0 Å². The first-order valence-corrected chi connectivity index (χ1v) is 7.80. The van der Waals surface area contributed by atoms with Gasteiger partial charge in [-0.2, -0.15) is 5.26 Å². The van der Waals surface area contributed by atoms with Gasteiger partial charge in [0.05, 0.1) is 6.07 Å². The minimum absolute atomic E-state index is 0.113. The van der Waals surface area contributed by atoms with E-state index in [0.29, 0.717) is 0 Å². The van der Waals surface area contributed by atoms with Crippen LogP contribution < -0.4 is 5.73 Å². The molecule has 2 unspecified atom stereocenters. The van der Waals surface area contributed by atoms with E-state index < -0.39 is 5.41 Å². The molecule has 2 N–H and O–H groups in total. The lowest BCUT2D eigenvalue weighted by Gasteiger charge is -2.47. The molecular formula is C20H24N2. The molecule has 0 aliphatic heterocycles. The van der Waals surface area contributed by atoms with Gasteiger partial charge in [0.1, 0.15) is 5.41 Å². The van der Waals surface area contributed by atoms with E-state index in [2.05, 4.69) is 19.9 Å². The van der Waals surface area contributed by atoms with E-state index in [1.165, 1.54) is 0 Å². The molecule has 114 valence electrons. The van der Waals surface area contributed by atoms with Gasteiger partial charge in [0, 0.05) is 11.5 Å². The summed E-state index contributed by atoms with van der Waals surface area (Å²) < 4.78 is 0. The fourth-order valence-electron chi connectivity index (χ4n) is 3.39. The minimum atomic E-state index is -0.765. The molecule has 0 radical (unpaired) electrons. The van der Waals surface area contributed by atoms with Crippen molar-refractivity contribution in [1.29, 1.82) is 5.26 Å². The highest BCUT2D eigenvalue weighted by atomic mass is 14.7. The second-order valence-corrected chi connectivity index (χ2v) is 6.15. The molecule has 2 heteroatoms. The van der Waals surface area contributed by atoms with Crippen LogP contribution >= 0.6 is 0 Å². The van der Waals surface area contributed by atoms with Crippen LogP contribution in [0.5, 0.6) is 0 Å². The third-order valence-corrected chi connectivity index (χ3v) is 5.18. The molecule has 0 spiro atoms. The van der Waals surface area contributed by atoms with Crippen molar-refractivity contribution in [3.8, 4) is 6.07 Å². The molecule has 0 heterocycles. The van der Waals surface area contributed by atoms with E-state index >= 15 is 0 Å². The summed E-state index contributed by atoms with van der Waals surface area (Å²) in [6, 6.07) is 22.6. The predicted octanol–water partition coefficient (Wildman–Crippen LogP) is 4.26. The summed E-state index contributed by atoms with van der Waals surface area (Å²) >= 11 is 0. The fraction of sp³-hybridized carbons (Fsp3) is 0.350. The first-order valence-electron chi connectivity index (χ1n) is 7.80. The molecule has 2 aromatic rings. The second kappa shape index (κ2) is 6.34. The summed E-state index contributed by atoms with van der Waals surface area (Å²) in [5, 5.41) is 10.3. The van der Waals surface area contributed by atoms with Crippen LogP contribution in [0.3, 0.4) is 0 Å². The maximum atomic E-state index is 10.3. The van der Waals surface area contributed by atoms with Crippen molar-refractivity contribution in [1.82, 2.24) is 0 Å². The van der Waals surface area contributed by atoms with Crippen molar-refractivity contribution in [2.75, 3.05) is 0 Å². The molecule has 2 atom stereocenters. The first kappa shape index (κ1) is 16.3. The Balaban J connectivity index is 2.83. The van der Waals surface area contributed by atoms with E-state index in [-0.39, 0.29) is 11.5 Å². The van der Waals surface area contributed by atoms with Gasteiger partial charge >= 0.3 is 0 Å². The number of hydrogen-bond donors (Lipinski definition) is 1. The highest BCUT2D eigenvalue weighted by Gasteiger charge is 2.52. The van der Waals surface area contributed by atoms with Crippen LogP contribution in [0.2, 0.25) is 0 Å². The molecule has 2 rings (SSSR count). The van der Waals surface area contributed by atoms with E-state index in [4.69, 9.17) is 5.73 Å². The summed E-state index contributed by atoms with van der Waals surface area (Å²) in [5.41, 5.74) is 7.24. The average Bonchev–Trinajstić information content (AvgIpc) is 2.57. The van der Waals surface area contributed by atoms with Crippen LogP contribution in [0.25, 0.3) is 0 Å². The summed E-state index contributed by atoms with van der Waals surface area (Å²) in [4.78, 5) is 0. The van der Waals surface area contributed by atoms with Crippen LogP contribution in [0.1, 0.15) is 38.3 Å². The van der Waals surface area contributed by atoms with Crippen molar-refractivity contribution < 1.29 is 0 Å². The Morgan fingerprint density at radius 2 is 1.41 bits per heavy atom. The lowest BCUT2D eigenvalue weighted by Crippen LogP contribution is -2.53. The molecule has 0 bridgehead atoms.